The summed E-state index contributed by atoms with van der Waals surface area (Å²) in [6, 6.07) is 2.30. The smallest absolute Gasteiger partial charge is 0.433 e. The lowest BCUT2D eigenvalue weighted by Gasteiger charge is -2.28. The molecule has 0 radical (unpaired) electrons. The summed E-state index contributed by atoms with van der Waals surface area (Å²) < 4.78 is 4.81. The van der Waals surface area contributed by atoms with Crippen LogP contribution in [0, 0.1) is 10.1 Å². The molecule has 2 rings (SSSR count). The molecule has 8 heteroatoms. The van der Waals surface area contributed by atoms with Gasteiger partial charge < -0.3 is 14.8 Å². The average molecular weight is 282 g/mol. The van der Waals surface area contributed by atoms with Gasteiger partial charge in [-0.15, -0.1) is 0 Å². The molecule has 1 aliphatic carbocycles. The van der Waals surface area contributed by atoms with E-state index in [0.717, 1.165) is 18.9 Å². The van der Waals surface area contributed by atoms with Crippen LogP contribution in [-0.4, -0.2) is 27.4 Å². The fraction of sp³-hybridized carbons (Fsp3) is 0.500. The van der Waals surface area contributed by atoms with Crippen molar-refractivity contribution in [2.24, 2.45) is 0 Å². The number of nitrogens with one attached hydrogen (secondary N) is 1. The summed E-state index contributed by atoms with van der Waals surface area (Å²) in [5, 5.41) is 22.1. The van der Waals surface area contributed by atoms with E-state index >= 15 is 0 Å². The molecule has 1 aromatic heterocycles. The summed E-state index contributed by atoms with van der Waals surface area (Å²) in [6.07, 6.45) is 2.67. The van der Waals surface area contributed by atoms with Crippen molar-refractivity contribution >= 4 is 17.8 Å². The van der Waals surface area contributed by atoms with Gasteiger partial charge in [0.1, 0.15) is 4.92 Å². The number of carbonyl (C=O) groups excluding carboxylic acids is 1. The number of nitro groups is 1. The zero-order valence-electron chi connectivity index (χ0n) is 10.6. The van der Waals surface area contributed by atoms with Gasteiger partial charge in [0.25, 0.3) is 5.91 Å². The molecule has 0 spiro atoms. The third kappa shape index (κ3) is 2.95. The van der Waals surface area contributed by atoms with Crippen LogP contribution < -0.4 is 5.32 Å². The highest BCUT2D eigenvalue weighted by Crippen LogP contribution is 2.33. The fourth-order valence-corrected chi connectivity index (χ4v) is 2.54. The average Bonchev–Trinajstić information content (AvgIpc) is 2.96. The third-order valence-electron chi connectivity index (χ3n) is 3.42. The standard InChI is InChI=1S/C12H14N2O6/c15-10(16)7-12(5-1-2-6-12)13-11(17)8-3-4-9(20-8)14(18)19/h3-4H,1-2,5-7H2,(H,13,17)(H,15,16). The lowest BCUT2D eigenvalue weighted by atomic mass is 9.93. The minimum absolute atomic E-state index is 0.165. The van der Waals surface area contributed by atoms with E-state index in [1.807, 2.05) is 0 Å². The van der Waals surface area contributed by atoms with Crippen LogP contribution in [0.3, 0.4) is 0 Å². The van der Waals surface area contributed by atoms with Crippen LogP contribution >= 0.6 is 0 Å². The molecule has 0 unspecified atom stereocenters. The van der Waals surface area contributed by atoms with Gasteiger partial charge in [0.05, 0.1) is 18.0 Å². The Hall–Kier alpha value is -2.38. The van der Waals surface area contributed by atoms with E-state index in [1.165, 1.54) is 6.07 Å². The Morgan fingerprint density at radius 1 is 1.40 bits per heavy atom. The van der Waals surface area contributed by atoms with Crippen LogP contribution in [0.15, 0.2) is 16.5 Å². The van der Waals surface area contributed by atoms with Crippen LogP contribution in [0.4, 0.5) is 5.88 Å². The van der Waals surface area contributed by atoms with E-state index < -0.39 is 28.2 Å². The quantitative estimate of drug-likeness (QED) is 0.626. The molecule has 1 amide bonds. The first kappa shape index (κ1) is 14.0. The Balaban J connectivity index is 2.11. The first-order valence-electron chi connectivity index (χ1n) is 6.20. The summed E-state index contributed by atoms with van der Waals surface area (Å²) in [5.74, 6) is -2.32. The SMILES string of the molecule is O=C(O)CC1(NC(=O)c2ccc([N+](=O)[O-])o2)CCCC1. The van der Waals surface area contributed by atoms with Crippen molar-refractivity contribution in [3.05, 3.63) is 28.0 Å². The van der Waals surface area contributed by atoms with Gasteiger partial charge in [-0.05, 0) is 18.9 Å². The number of carboxylic acids is 1. The zero-order chi connectivity index (χ0) is 14.8. The normalized spacial score (nSPS) is 16.8. The first-order valence-corrected chi connectivity index (χ1v) is 6.20. The Morgan fingerprint density at radius 2 is 2.05 bits per heavy atom. The number of aliphatic carboxylic acids is 1. The summed E-state index contributed by atoms with van der Waals surface area (Å²) in [7, 11) is 0. The van der Waals surface area contributed by atoms with Gasteiger partial charge in [-0.3, -0.25) is 19.7 Å². The molecule has 8 nitrogen and oxygen atoms in total. The van der Waals surface area contributed by atoms with Gasteiger partial charge in [0, 0.05) is 0 Å². The highest BCUT2D eigenvalue weighted by Gasteiger charge is 2.38. The number of nitrogens with zero attached hydrogens (tertiary/aromatic N) is 1. The van der Waals surface area contributed by atoms with Crippen molar-refractivity contribution in [3.63, 3.8) is 0 Å². The van der Waals surface area contributed by atoms with Crippen molar-refractivity contribution in [3.8, 4) is 0 Å². The second-order valence-corrected chi connectivity index (χ2v) is 4.91. The predicted molar refractivity (Wildman–Crippen MR) is 66.3 cm³/mol. The second-order valence-electron chi connectivity index (χ2n) is 4.91. The lowest BCUT2D eigenvalue weighted by Crippen LogP contribution is -2.47. The minimum Gasteiger partial charge on any atom is -0.481 e. The van der Waals surface area contributed by atoms with E-state index in [2.05, 4.69) is 5.32 Å². The molecule has 1 aromatic rings. The monoisotopic (exact) mass is 282 g/mol. The molecule has 2 N–H and O–H groups in total. The van der Waals surface area contributed by atoms with Crippen LogP contribution in [0.5, 0.6) is 0 Å². The minimum atomic E-state index is -0.988. The summed E-state index contributed by atoms with van der Waals surface area (Å²) in [4.78, 5) is 32.7. The van der Waals surface area contributed by atoms with Gasteiger partial charge in [-0.25, -0.2) is 0 Å². The maximum atomic E-state index is 12.0. The van der Waals surface area contributed by atoms with Crippen LogP contribution in [0.25, 0.3) is 0 Å². The first-order chi connectivity index (χ1) is 9.42. The highest BCUT2D eigenvalue weighted by atomic mass is 16.6. The number of furan rings is 1. The summed E-state index contributed by atoms with van der Waals surface area (Å²) in [5.41, 5.74) is -0.787. The molecule has 0 aliphatic heterocycles. The van der Waals surface area contributed by atoms with Crippen LogP contribution in [0.1, 0.15) is 42.7 Å². The van der Waals surface area contributed by atoms with Gasteiger partial charge in [-0.1, -0.05) is 12.8 Å². The number of rotatable bonds is 5. The Kier molecular flexibility index (Phi) is 3.73. The second kappa shape index (κ2) is 5.32. The van der Waals surface area contributed by atoms with Crippen molar-refractivity contribution in [2.45, 2.75) is 37.6 Å². The van der Waals surface area contributed by atoms with Gasteiger partial charge >= 0.3 is 11.9 Å². The highest BCUT2D eigenvalue weighted by molar-refractivity contribution is 5.92. The molecule has 1 fully saturated rings. The molecule has 20 heavy (non-hydrogen) atoms. The molecule has 0 atom stereocenters. The maximum Gasteiger partial charge on any atom is 0.433 e. The van der Waals surface area contributed by atoms with Crippen molar-refractivity contribution in [1.82, 2.24) is 5.32 Å². The van der Waals surface area contributed by atoms with Crippen LogP contribution in [0.2, 0.25) is 0 Å². The molecule has 1 heterocycles. The molecular weight excluding hydrogens is 268 g/mol. The van der Waals surface area contributed by atoms with Gasteiger partial charge in [-0.2, -0.15) is 0 Å². The van der Waals surface area contributed by atoms with Crippen LogP contribution in [-0.2, 0) is 4.79 Å². The number of hydrogen-bond acceptors (Lipinski definition) is 5. The van der Waals surface area contributed by atoms with E-state index in [1.54, 1.807) is 0 Å². The van der Waals surface area contributed by atoms with E-state index in [-0.39, 0.29) is 12.2 Å². The number of amides is 1. The van der Waals surface area contributed by atoms with E-state index in [9.17, 15) is 19.7 Å². The molecule has 0 saturated heterocycles. The number of carboxylic acid groups (broad SMARTS) is 1. The van der Waals surface area contributed by atoms with E-state index in [0.29, 0.717) is 12.8 Å². The molecule has 0 bridgehead atoms. The predicted octanol–water partition coefficient (Wildman–Crippen LogP) is 1.71. The number of hydrogen-bond donors (Lipinski definition) is 2. The Morgan fingerprint density at radius 3 is 2.55 bits per heavy atom. The van der Waals surface area contributed by atoms with Crippen molar-refractivity contribution < 1.29 is 24.0 Å². The van der Waals surface area contributed by atoms with Gasteiger partial charge in [0.15, 0.2) is 5.76 Å². The van der Waals surface area contributed by atoms with Crippen molar-refractivity contribution in [1.29, 1.82) is 0 Å². The largest absolute Gasteiger partial charge is 0.481 e. The Bertz CT molecular complexity index is 544. The Labute approximate surface area is 113 Å². The third-order valence-corrected chi connectivity index (χ3v) is 3.42. The number of carbonyl (C=O) groups is 2. The maximum absolute atomic E-state index is 12.0. The zero-order valence-corrected chi connectivity index (χ0v) is 10.6. The molecule has 108 valence electrons. The fourth-order valence-electron chi connectivity index (χ4n) is 2.54. The van der Waals surface area contributed by atoms with Gasteiger partial charge in [0.2, 0.25) is 0 Å². The lowest BCUT2D eigenvalue weighted by molar-refractivity contribution is -0.402. The molecule has 1 aliphatic rings. The summed E-state index contributed by atoms with van der Waals surface area (Å²) >= 11 is 0. The molecule has 0 aromatic carbocycles. The van der Waals surface area contributed by atoms with E-state index in [4.69, 9.17) is 9.52 Å². The summed E-state index contributed by atoms with van der Waals surface area (Å²) in [6.45, 7) is 0. The molecule has 1 saturated carbocycles. The molecular formula is C12H14N2O6. The van der Waals surface area contributed by atoms with Crippen molar-refractivity contribution in [2.75, 3.05) is 0 Å². The topological polar surface area (TPSA) is 123 Å².